The minimum atomic E-state index is -3.46. The van der Waals surface area contributed by atoms with E-state index in [0.29, 0.717) is 0 Å². The van der Waals surface area contributed by atoms with E-state index in [1.165, 1.54) is 0 Å². The molecule has 0 saturated carbocycles. The van der Waals surface area contributed by atoms with Gasteiger partial charge in [-0.1, -0.05) is 48.5 Å². The molecule has 0 unspecified atom stereocenters. The molecule has 0 amide bonds. The van der Waals surface area contributed by atoms with Gasteiger partial charge in [-0.3, -0.25) is 0 Å². The second-order valence-electron chi connectivity index (χ2n) is 4.07. The molecule has 4 heteroatoms. The van der Waals surface area contributed by atoms with E-state index in [-0.39, 0.29) is 10.9 Å². The van der Waals surface area contributed by atoms with Gasteiger partial charge in [0.05, 0.1) is 4.90 Å². The minimum absolute atomic E-state index is 0.253. The summed E-state index contributed by atoms with van der Waals surface area (Å²) in [5.74, 6) is 0. The first-order chi connectivity index (χ1) is 8.59. The maximum absolute atomic E-state index is 12.1. The molecular formula is C14H15NO2S. The van der Waals surface area contributed by atoms with Gasteiger partial charge in [0.2, 0.25) is 10.0 Å². The molecule has 0 heterocycles. The van der Waals surface area contributed by atoms with E-state index >= 15 is 0 Å². The molecule has 0 spiro atoms. The van der Waals surface area contributed by atoms with Crippen LogP contribution in [0.2, 0.25) is 0 Å². The summed E-state index contributed by atoms with van der Waals surface area (Å²) in [5.41, 5.74) is 0.942. The van der Waals surface area contributed by atoms with Crippen LogP contribution in [-0.2, 0) is 10.0 Å². The Labute approximate surface area is 108 Å². The predicted molar refractivity (Wildman–Crippen MR) is 71.6 cm³/mol. The Balaban J connectivity index is 2.20. The van der Waals surface area contributed by atoms with Crippen LogP contribution < -0.4 is 4.72 Å². The van der Waals surface area contributed by atoms with Gasteiger partial charge in [0.25, 0.3) is 0 Å². The first-order valence-electron chi connectivity index (χ1n) is 5.72. The number of benzene rings is 2. The summed E-state index contributed by atoms with van der Waals surface area (Å²) in [5, 5.41) is 0. The van der Waals surface area contributed by atoms with E-state index in [2.05, 4.69) is 4.72 Å². The summed E-state index contributed by atoms with van der Waals surface area (Å²) in [6.07, 6.45) is 0. The van der Waals surface area contributed by atoms with E-state index in [1.807, 2.05) is 37.3 Å². The Morgan fingerprint density at radius 1 is 0.889 bits per heavy atom. The van der Waals surface area contributed by atoms with Crippen molar-refractivity contribution in [3.63, 3.8) is 0 Å². The van der Waals surface area contributed by atoms with Crippen molar-refractivity contribution in [2.45, 2.75) is 17.9 Å². The van der Waals surface area contributed by atoms with Gasteiger partial charge >= 0.3 is 0 Å². The molecule has 0 radical (unpaired) electrons. The van der Waals surface area contributed by atoms with Crippen molar-refractivity contribution in [2.75, 3.05) is 0 Å². The number of hydrogen-bond donors (Lipinski definition) is 1. The Hall–Kier alpha value is -1.65. The number of hydrogen-bond acceptors (Lipinski definition) is 2. The van der Waals surface area contributed by atoms with Crippen LogP contribution in [0.5, 0.6) is 0 Å². The Morgan fingerprint density at radius 2 is 1.39 bits per heavy atom. The van der Waals surface area contributed by atoms with Gasteiger partial charge in [0.1, 0.15) is 0 Å². The third-order valence-electron chi connectivity index (χ3n) is 2.69. The lowest BCUT2D eigenvalue weighted by molar-refractivity contribution is 0.567. The first kappa shape index (κ1) is 12.8. The third-order valence-corrected chi connectivity index (χ3v) is 4.24. The van der Waals surface area contributed by atoms with Crippen LogP contribution >= 0.6 is 0 Å². The zero-order valence-corrected chi connectivity index (χ0v) is 10.9. The fraction of sp³-hybridized carbons (Fsp3) is 0.143. The summed E-state index contributed by atoms with van der Waals surface area (Å²) in [7, 11) is -3.46. The van der Waals surface area contributed by atoms with Crippen molar-refractivity contribution < 1.29 is 8.42 Å². The average molecular weight is 261 g/mol. The lowest BCUT2D eigenvalue weighted by Gasteiger charge is -2.14. The van der Waals surface area contributed by atoms with Gasteiger partial charge in [0, 0.05) is 6.04 Å². The normalized spacial score (nSPS) is 13.2. The average Bonchev–Trinajstić information content (AvgIpc) is 2.40. The Bertz CT molecular complexity index is 594. The van der Waals surface area contributed by atoms with Gasteiger partial charge in [-0.15, -0.1) is 0 Å². The minimum Gasteiger partial charge on any atom is -0.207 e. The van der Waals surface area contributed by atoms with Crippen molar-refractivity contribution in [1.29, 1.82) is 0 Å². The Morgan fingerprint density at radius 3 is 1.94 bits per heavy atom. The maximum Gasteiger partial charge on any atom is 0.241 e. The molecule has 0 aliphatic carbocycles. The number of sulfonamides is 1. The summed E-state index contributed by atoms with van der Waals surface area (Å²) in [6.45, 7) is 1.83. The fourth-order valence-corrected chi connectivity index (χ4v) is 2.96. The zero-order chi connectivity index (χ0) is 13.0. The molecule has 1 N–H and O–H groups in total. The molecular weight excluding hydrogens is 246 g/mol. The van der Waals surface area contributed by atoms with Gasteiger partial charge < -0.3 is 0 Å². The SMILES string of the molecule is C[C@@H](NS(=O)(=O)c1ccccc1)c1ccccc1. The van der Waals surface area contributed by atoms with Gasteiger partial charge in [-0.25, -0.2) is 13.1 Å². The molecule has 0 aliphatic heterocycles. The van der Waals surface area contributed by atoms with Crippen LogP contribution in [-0.4, -0.2) is 8.42 Å². The Kier molecular flexibility index (Phi) is 3.79. The van der Waals surface area contributed by atoms with E-state index in [4.69, 9.17) is 0 Å². The van der Waals surface area contributed by atoms with Crippen molar-refractivity contribution >= 4 is 10.0 Å². The van der Waals surface area contributed by atoms with Crippen molar-refractivity contribution in [3.8, 4) is 0 Å². The zero-order valence-electron chi connectivity index (χ0n) is 10.1. The summed E-state index contributed by atoms with van der Waals surface area (Å²) in [4.78, 5) is 0.285. The second-order valence-corrected chi connectivity index (χ2v) is 5.78. The van der Waals surface area contributed by atoms with Crippen LogP contribution in [0.15, 0.2) is 65.6 Å². The molecule has 0 aromatic heterocycles. The van der Waals surface area contributed by atoms with Gasteiger partial charge in [0.15, 0.2) is 0 Å². The number of nitrogens with one attached hydrogen (secondary N) is 1. The largest absolute Gasteiger partial charge is 0.241 e. The molecule has 0 bridgehead atoms. The highest BCUT2D eigenvalue weighted by atomic mass is 32.2. The van der Waals surface area contributed by atoms with Crippen LogP contribution in [0.4, 0.5) is 0 Å². The highest BCUT2D eigenvalue weighted by molar-refractivity contribution is 7.89. The van der Waals surface area contributed by atoms with E-state index in [9.17, 15) is 8.42 Å². The van der Waals surface area contributed by atoms with Gasteiger partial charge in [-0.05, 0) is 24.6 Å². The van der Waals surface area contributed by atoms with Crippen LogP contribution in [0.25, 0.3) is 0 Å². The molecule has 2 aromatic rings. The van der Waals surface area contributed by atoms with Crippen LogP contribution in [0, 0.1) is 0 Å². The molecule has 1 atom stereocenters. The monoisotopic (exact) mass is 261 g/mol. The summed E-state index contributed by atoms with van der Waals surface area (Å²) < 4.78 is 26.9. The molecule has 0 aliphatic rings. The standard InChI is InChI=1S/C14H15NO2S/c1-12(13-8-4-2-5-9-13)15-18(16,17)14-10-6-3-7-11-14/h2-12,15H,1H3/t12-/m1/s1. The van der Waals surface area contributed by atoms with E-state index < -0.39 is 10.0 Å². The highest BCUT2D eigenvalue weighted by Crippen LogP contribution is 2.16. The predicted octanol–water partition coefficient (Wildman–Crippen LogP) is 2.73. The van der Waals surface area contributed by atoms with Crippen LogP contribution in [0.3, 0.4) is 0 Å². The van der Waals surface area contributed by atoms with E-state index in [0.717, 1.165) is 5.56 Å². The summed E-state index contributed by atoms with van der Waals surface area (Å²) >= 11 is 0. The smallest absolute Gasteiger partial charge is 0.207 e. The maximum atomic E-state index is 12.1. The highest BCUT2D eigenvalue weighted by Gasteiger charge is 2.17. The van der Waals surface area contributed by atoms with Crippen molar-refractivity contribution in [2.24, 2.45) is 0 Å². The van der Waals surface area contributed by atoms with Crippen molar-refractivity contribution in [1.82, 2.24) is 4.72 Å². The molecule has 0 saturated heterocycles. The van der Waals surface area contributed by atoms with E-state index in [1.54, 1.807) is 30.3 Å². The van der Waals surface area contributed by atoms with Gasteiger partial charge in [-0.2, -0.15) is 0 Å². The molecule has 3 nitrogen and oxygen atoms in total. The molecule has 2 aromatic carbocycles. The fourth-order valence-electron chi connectivity index (χ4n) is 1.71. The van der Waals surface area contributed by atoms with Crippen LogP contribution in [0.1, 0.15) is 18.5 Å². The molecule has 94 valence electrons. The summed E-state index contributed by atoms with van der Waals surface area (Å²) in [6, 6.07) is 17.6. The lowest BCUT2D eigenvalue weighted by atomic mass is 10.1. The molecule has 0 fully saturated rings. The molecule has 2 rings (SSSR count). The lowest BCUT2D eigenvalue weighted by Crippen LogP contribution is -2.26. The quantitative estimate of drug-likeness (QED) is 0.919. The second kappa shape index (κ2) is 5.33. The topological polar surface area (TPSA) is 46.2 Å². The molecule has 18 heavy (non-hydrogen) atoms. The first-order valence-corrected chi connectivity index (χ1v) is 7.20. The van der Waals surface area contributed by atoms with Crippen molar-refractivity contribution in [3.05, 3.63) is 66.2 Å². The number of rotatable bonds is 4. The third kappa shape index (κ3) is 2.97.